The highest BCUT2D eigenvalue weighted by Gasteiger charge is 2.17. The van der Waals surface area contributed by atoms with Crippen molar-refractivity contribution >= 4 is 18.5 Å². The van der Waals surface area contributed by atoms with E-state index in [4.69, 9.17) is 14.5 Å². The molecule has 0 saturated heterocycles. The van der Waals surface area contributed by atoms with Crippen molar-refractivity contribution in [2.75, 3.05) is 18.0 Å². The molecule has 0 atom stereocenters. The van der Waals surface area contributed by atoms with Crippen LogP contribution in [0, 0.1) is 0 Å². The molecule has 72 valence electrons. The van der Waals surface area contributed by atoms with Crippen LogP contribution in [0.4, 0.5) is 5.69 Å². The molecule has 0 aliphatic heterocycles. The Hall–Kier alpha value is -0.935. The van der Waals surface area contributed by atoms with Crippen molar-refractivity contribution in [3.63, 3.8) is 0 Å². The van der Waals surface area contributed by atoms with Gasteiger partial charge >= 0.3 is 7.12 Å². The minimum Gasteiger partial charge on any atom is -0.471 e. The first-order valence-corrected chi connectivity index (χ1v) is 4.38. The minimum absolute atomic E-state index is 0.182. The van der Waals surface area contributed by atoms with Gasteiger partial charge in [-0.1, -0.05) is 0 Å². The predicted octanol–water partition coefficient (Wildman–Crippen LogP) is -0.194. The van der Waals surface area contributed by atoms with E-state index in [1.807, 2.05) is 13.8 Å². The van der Waals surface area contributed by atoms with Crippen LogP contribution in [0.25, 0.3) is 0 Å². The zero-order chi connectivity index (χ0) is 9.84. The average Bonchev–Trinajstić information content (AvgIpc) is 2.56. The van der Waals surface area contributed by atoms with Crippen LogP contribution in [0.1, 0.15) is 13.8 Å². The summed E-state index contributed by atoms with van der Waals surface area (Å²) in [4.78, 5) is 2.06. The maximum atomic E-state index is 8.81. The van der Waals surface area contributed by atoms with Gasteiger partial charge in [0.25, 0.3) is 0 Å². The summed E-state index contributed by atoms with van der Waals surface area (Å²) in [5.74, 6) is 0. The van der Waals surface area contributed by atoms with Gasteiger partial charge in [-0.05, 0) is 19.9 Å². The van der Waals surface area contributed by atoms with E-state index >= 15 is 0 Å². The van der Waals surface area contributed by atoms with Gasteiger partial charge in [-0.25, -0.2) is 0 Å². The van der Waals surface area contributed by atoms with Crippen molar-refractivity contribution in [1.29, 1.82) is 0 Å². The Kier molecular flexibility index (Phi) is 3.39. The number of anilines is 1. The number of furan rings is 1. The summed E-state index contributed by atoms with van der Waals surface area (Å²) < 4.78 is 4.97. The second-order valence-electron chi connectivity index (χ2n) is 2.75. The van der Waals surface area contributed by atoms with Gasteiger partial charge in [0.15, 0.2) is 0 Å². The Balaban J connectivity index is 2.78. The molecule has 0 radical (unpaired) electrons. The number of rotatable bonds is 4. The fourth-order valence-electron chi connectivity index (χ4n) is 1.23. The second-order valence-corrected chi connectivity index (χ2v) is 2.75. The summed E-state index contributed by atoms with van der Waals surface area (Å²) in [5.41, 5.74) is 1.06. The smallest absolute Gasteiger partial charge is 0.471 e. The van der Waals surface area contributed by atoms with E-state index in [9.17, 15) is 0 Å². The van der Waals surface area contributed by atoms with Crippen LogP contribution in [0.3, 0.4) is 0 Å². The van der Waals surface area contributed by atoms with Gasteiger partial charge in [0.05, 0.1) is 5.69 Å². The van der Waals surface area contributed by atoms with Gasteiger partial charge in [0.2, 0.25) is 0 Å². The number of hydrogen-bond donors (Lipinski definition) is 2. The molecule has 0 spiro atoms. The van der Waals surface area contributed by atoms with Crippen molar-refractivity contribution < 1.29 is 14.5 Å². The van der Waals surface area contributed by atoms with Crippen LogP contribution in [0.2, 0.25) is 0 Å². The molecule has 0 bridgehead atoms. The lowest BCUT2D eigenvalue weighted by molar-refractivity contribution is 0.409. The standard InChI is InChI=1S/C8H14BNO3/c1-3-10(4-2)7-5-8(9(11)12)13-6-7/h5-6,11-12H,3-4H2,1-2H3. The van der Waals surface area contributed by atoms with Crippen LogP contribution in [0.15, 0.2) is 16.7 Å². The molecular weight excluding hydrogens is 169 g/mol. The SMILES string of the molecule is CCN(CC)c1coc(B(O)O)c1. The van der Waals surface area contributed by atoms with E-state index in [-0.39, 0.29) is 5.66 Å². The first-order chi connectivity index (χ1) is 6.19. The van der Waals surface area contributed by atoms with Crippen LogP contribution in [0.5, 0.6) is 0 Å². The summed E-state index contributed by atoms with van der Waals surface area (Å²) in [7, 11) is -1.52. The van der Waals surface area contributed by atoms with Crippen molar-refractivity contribution in [2.24, 2.45) is 0 Å². The largest absolute Gasteiger partial charge is 0.526 e. The first kappa shape index (κ1) is 10.1. The maximum absolute atomic E-state index is 8.81. The first-order valence-electron chi connectivity index (χ1n) is 4.38. The van der Waals surface area contributed by atoms with Gasteiger partial charge in [-0.2, -0.15) is 0 Å². The third-order valence-electron chi connectivity index (χ3n) is 1.99. The van der Waals surface area contributed by atoms with Gasteiger partial charge in [-0.3, -0.25) is 0 Å². The molecule has 4 nitrogen and oxygen atoms in total. The molecule has 1 heterocycles. The highest BCUT2D eigenvalue weighted by molar-refractivity contribution is 6.57. The van der Waals surface area contributed by atoms with E-state index in [1.54, 1.807) is 6.07 Å². The minimum atomic E-state index is -1.52. The van der Waals surface area contributed by atoms with Crippen LogP contribution in [-0.2, 0) is 0 Å². The van der Waals surface area contributed by atoms with Crippen molar-refractivity contribution in [1.82, 2.24) is 0 Å². The third-order valence-corrected chi connectivity index (χ3v) is 1.99. The Labute approximate surface area is 77.9 Å². The topological polar surface area (TPSA) is 56.8 Å². The van der Waals surface area contributed by atoms with E-state index < -0.39 is 7.12 Å². The van der Waals surface area contributed by atoms with Gasteiger partial charge in [0.1, 0.15) is 11.9 Å². The highest BCUT2D eigenvalue weighted by Crippen LogP contribution is 2.12. The molecule has 2 N–H and O–H groups in total. The maximum Gasteiger partial charge on any atom is 0.526 e. The van der Waals surface area contributed by atoms with Crippen molar-refractivity contribution in [3.8, 4) is 0 Å². The third kappa shape index (κ3) is 2.26. The molecule has 0 aliphatic rings. The zero-order valence-corrected chi connectivity index (χ0v) is 7.90. The molecule has 0 aromatic carbocycles. The molecule has 1 aromatic rings. The van der Waals surface area contributed by atoms with E-state index in [0.717, 1.165) is 18.8 Å². The monoisotopic (exact) mass is 183 g/mol. The fourth-order valence-corrected chi connectivity index (χ4v) is 1.23. The Bertz CT molecular complexity index is 258. The quantitative estimate of drug-likeness (QED) is 0.635. The molecule has 13 heavy (non-hydrogen) atoms. The fraction of sp³-hybridized carbons (Fsp3) is 0.500. The van der Waals surface area contributed by atoms with Crippen LogP contribution < -0.4 is 10.6 Å². The lowest BCUT2D eigenvalue weighted by Gasteiger charge is -2.17. The summed E-state index contributed by atoms with van der Waals surface area (Å²) in [6, 6.07) is 1.64. The van der Waals surface area contributed by atoms with Crippen molar-refractivity contribution in [3.05, 3.63) is 12.3 Å². The summed E-state index contributed by atoms with van der Waals surface area (Å²) in [6.07, 6.45) is 1.53. The Morgan fingerprint density at radius 1 is 1.38 bits per heavy atom. The molecule has 0 aliphatic carbocycles. The number of nitrogens with zero attached hydrogens (tertiary/aromatic N) is 1. The van der Waals surface area contributed by atoms with E-state index in [2.05, 4.69) is 4.90 Å². The molecule has 0 amide bonds. The van der Waals surface area contributed by atoms with Gasteiger partial charge < -0.3 is 19.4 Å². The summed E-state index contributed by atoms with van der Waals surface area (Å²) in [5, 5.41) is 17.6. The lowest BCUT2D eigenvalue weighted by atomic mass is 9.88. The van der Waals surface area contributed by atoms with Gasteiger partial charge in [-0.15, -0.1) is 0 Å². The molecule has 0 unspecified atom stereocenters. The van der Waals surface area contributed by atoms with Crippen LogP contribution >= 0.6 is 0 Å². The normalized spacial score (nSPS) is 10.2. The molecule has 0 saturated carbocycles. The molecule has 5 heteroatoms. The summed E-state index contributed by atoms with van der Waals surface area (Å²) in [6.45, 7) is 5.81. The molecular formula is C8H14BNO3. The summed E-state index contributed by atoms with van der Waals surface area (Å²) >= 11 is 0. The van der Waals surface area contributed by atoms with Gasteiger partial charge in [0, 0.05) is 13.1 Å². The Morgan fingerprint density at radius 3 is 2.38 bits per heavy atom. The zero-order valence-electron chi connectivity index (χ0n) is 7.90. The van der Waals surface area contributed by atoms with Crippen LogP contribution in [-0.4, -0.2) is 30.3 Å². The molecule has 1 rings (SSSR count). The van der Waals surface area contributed by atoms with E-state index in [1.165, 1.54) is 6.26 Å². The lowest BCUT2D eigenvalue weighted by Crippen LogP contribution is -2.28. The average molecular weight is 183 g/mol. The molecule has 0 fully saturated rings. The predicted molar refractivity (Wildman–Crippen MR) is 52.1 cm³/mol. The highest BCUT2D eigenvalue weighted by atomic mass is 16.4. The Morgan fingerprint density at radius 2 is 2.00 bits per heavy atom. The van der Waals surface area contributed by atoms with E-state index in [0.29, 0.717) is 0 Å². The molecule has 1 aromatic heterocycles. The number of hydrogen-bond acceptors (Lipinski definition) is 4. The second kappa shape index (κ2) is 4.34. The van der Waals surface area contributed by atoms with Crippen molar-refractivity contribution in [2.45, 2.75) is 13.8 Å².